The van der Waals surface area contributed by atoms with Gasteiger partial charge >= 0.3 is 0 Å². The Kier molecular flexibility index (Phi) is 3.84. The summed E-state index contributed by atoms with van der Waals surface area (Å²) in [6, 6.07) is 5.64. The van der Waals surface area contributed by atoms with Gasteiger partial charge in [0.2, 0.25) is 0 Å². The molecule has 0 N–H and O–H groups in total. The highest BCUT2D eigenvalue weighted by Crippen LogP contribution is 2.14. The highest BCUT2D eigenvalue weighted by atomic mass is 16.1. The lowest BCUT2D eigenvalue weighted by molar-refractivity contribution is 0.0894. The van der Waals surface area contributed by atoms with E-state index in [0.717, 1.165) is 11.1 Å². The topological polar surface area (TPSA) is 52.0 Å². The van der Waals surface area contributed by atoms with Crippen LogP contribution in [0.3, 0.4) is 0 Å². The molecule has 0 saturated carbocycles. The molecule has 0 aliphatic rings. The van der Waals surface area contributed by atoms with Crippen molar-refractivity contribution in [3.05, 3.63) is 52.3 Å². The number of nitrogens with zero attached hydrogens (tertiary/aromatic N) is 2. The number of carbonyl (C=O) groups excluding carboxylic acids is 2. The van der Waals surface area contributed by atoms with Gasteiger partial charge in [0.05, 0.1) is 17.7 Å². The van der Waals surface area contributed by atoms with Crippen LogP contribution in [0.2, 0.25) is 0 Å². The van der Waals surface area contributed by atoms with Crippen molar-refractivity contribution in [1.82, 2.24) is 9.78 Å². The van der Waals surface area contributed by atoms with Crippen molar-refractivity contribution in [3.8, 4) is 0 Å². The molecule has 2 aromatic rings. The Morgan fingerprint density at radius 2 is 1.65 bits per heavy atom. The molecule has 0 aliphatic carbocycles. The second kappa shape index (κ2) is 5.41. The van der Waals surface area contributed by atoms with Gasteiger partial charge in [0, 0.05) is 18.8 Å². The molecule has 0 radical (unpaired) electrons. The predicted molar refractivity (Wildman–Crippen MR) is 77.1 cm³/mol. The maximum absolute atomic E-state index is 12.2. The van der Waals surface area contributed by atoms with Gasteiger partial charge in [-0.2, -0.15) is 5.10 Å². The van der Waals surface area contributed by atoms with Crippen LogP contribution in [0.1, 0.15) is 44.0 Å². The summed E-state index contributed by atoms with van der Waals surface area (Å²) in [5.41, 5.74) is 3.82. The van der Waals surface area contributed by atoms with E-state index in [1.165, 1.54) is 0 Å². The number of Topliss-reactive ketones (excluding diaryl/α,β-unsaturated/α-hetero) is 2. The molecule has 1 heterocycles. The van der Waals surface area contributed by atoms with Crippen molar-refractivity contribution in [3.63, 3.8) is 0 Å². The fourth-order valence-electron chi connectivity index (χ4n) is 2.35. The number of rotatable bonds is 4. The third-order valence-electron chi connectivity index (χ3n) is 3.18. The van der Waals surface area contributed by atoms with E-state index >= 15 is 0 Å². The summed E-state index contributed by atoms with van der Waals surface area (Å²) >= 11 is 0. The van der Waals surface area contributed by atoms with Crippen molar-refractivity contribution < 1.29 is 9.59 Å². The number of aromatic nitrogens is 2. The smallest absolute Gasteiger partial charge is 0.174 e. The Morgan fingerprint density at radius 1 is 1.05 bits per heavy atom. The van der Waals surface area contributed by atoms with E-state index in [1.54, 1.807) is 24.9 Å². The molecule has 0 fully saturated rings. The van der Waals surface area contributed by atoms with Crippen LogP contribution in [0.5, 0.6) is 0 Å². The van der Waals surface area contributed by atoms with E-state index < -0.39 is 0 Å². The van der Waals surface area contributed by atoms with Gasteiger partial charge in [0.1, 0.15) is 0 Å². The summed E-state index contributed by atoms with van der Waals surface area (Å²) in [6.07, 6.45) is 1.54. The standard InChI is InChI=1S/C16H18N2O2/c1-10-5-11(2)7-13(6-10)15(19)8-16(20)14-9-18(4)17-12(14)3/h5-7,9H,8H2,1-4H3. The van der Waals surface area contributed by atoms with Gasteiger partial charge in [-0.25, -0.2) is 0 Å². The lowest BCUT2D eigenvalue weighted by Gasteiger charge is -2.04. The Morgan fingerprint density at radius 3 is 2.15 bits per heavy atom. The monoisotopic (exact) mass is 270 g/mol. The van der Waals surface area contributed by atoms with Crippen molar-refractivity contribution in [1.29, 1.82) is 0 Å². The van der Waals surface area contributed by atoms with Crippen molar-refractivity contribution in [2.24, 2.45) is 7.05 Å². The predicted octanol–water partition coefficient (Wildman–Crippen LogP) is 2.80. The van der Waals surface area contributed by atoms with Crippen molar-refractivity contribution in [2.75, 3.05) is 0 Å². The Balaban J connectivity index is 2.19. The number of aryl methyl sites for hydroxylation is 4. The highest BCUT2D eigenvalue weighted by Gasteiger charge is 2.17. The molecule has 0 aliphatic heterocycles. The molecule has 0 bridgehead atoms. The maximum Gasteiger partial charge on any atom is 0.174 e. The SMILES string of the molecule is Cc1cc(C)cc(C(=O)CC(=O)c2cn(C)nc2C)c1. The number of ketones is 2. The maximum atomic E-state index is 12.2. The normalized spacial score (nSPS) is 10.6. The number of benzene rings is 1. The number of hydrogen-bond donors (Lipinski definition) is 0. The van der Waals surface area contributed by atoms with Crippen LogP contribution >= 0.6 is 0 Å². The first-order valence-corrected chi connectivity index (χ1v) is 6.52. The molecule has 0 atom stereocenters. The molecule has 1 aromatic carbocycles. The molecule has 20 heavy (non-hydrogen) atoms. The quantitative estimate of drug-likeness (QED) is 0.634. The first-order valence-electron chi connectivity index (χ1n) is 6.52. The summed E-state index contributed by atoms with van der Waals surface area (Å²) in [4.78, 5) is 24.4. The van der Waals surface area contributed by atoms with Gasteiger partial charge in [-0.3, -0.25) is 14.3 Å². The van der Waals surface area contributed by atoms with Gasteiger partial charge in [-0.15, -0.1) is 0 Å². The third kappa shape index (κ3) is 3.02. The lowest BCUT2D eigenvalue weighted by atomic mass is 9.99. The fourth-order valence-corrected chi connectivity index (χ4v) is 2.35. The van der Waals surface area contributed by atoms with E-state index in [2.05, 4.69) is 5.10 Å². The first kappa shape index (κ1) is 14.2. The molecule has 4 nitrogen and oxygen atoms in total. The van der Waals surface area contributed by atoms with Gasteiger partial charge in [-0.05, 0) is 32.9 Å². The average molecular weight is 270 g/mol. The first-order chi connectivity index (χ1) is 9.36. The summed E-state index contributed by atoms with van der Waals surface area (Å²) in [6.45, 7) is 5.66. The Labute approximate surface area is 118 Å². The van der Waals surface area contributed by atoms with Crippen LogP contribution in [0.4, 0.5) is 0 Å². The summed E-state index contributed by atoms with van der Waals surface area (Å²) < 4.78 is 1.59. The summed E-state index contributed by atoms with van der Waals surface area (Å²) in [7, 11) is 1.76. The largest absolute Gasteiger partial charge is 0.294 e. The zero-order chi connectivity index (χ0) is 14.9. The minimum absolute atomic E-state index is 0.116. The Bertz CT molecular complexity index is 664. The molecule has 104 valence electrons. The van der Waals surface area contributed by atoms with Crippen molar-refractivity contribution in [2.45, 2.75) is 27.2 Å². The van der Waals surface area contributed by atoms with Crippen molar-refractivity contribution >= 4 is 11.6 Å². The van der Waals surface area contributed by atoms with Gasteiger partial charge < -0.3 is 0 Å². The third-order valence-corrected chi connectivity index (χ3v) is 3.18. The molecule has 4 heteroatoms. The van der Waals surface area contributed by atoms with Crippen LogP contribution in [-0.2, 0) is 7.05 Å². The fraction of sp³-hybridized carbons (Fsp3) is 0.312. The molecule has 1 aromatic heterocycles. The molecule has 0 saturated heterocycles. The minimum Gasteiger partial charge on any atom is -0.294 e. The van der Waals surface area contributed by atoms with Crippen LogP contribution in [0.15, 0.2) is 24.4 Å². The second-order valence-corrected chi connectivity index (χ2v) is 5.20. The summed E-state index contributed by atoms with van der Waals surface area (Å²) in [5.74, 6) is -0.329. The van der Waals surface area contributed by atoms with Crippen LogP contribution in [0.25, 0.3) is 0 Å². The molecule has 0 amide bonds. The highest BCUT2D eigenvalue weighted by molar-refractivity contribution is 6.13. The van der Waals surface area contributed by atoms with Gasteiger partial charge in [0.25, 0.3) is 0 Å². The number of carbonyl (C=O) groups is 2. The van der Waals surface area contributed by atoms with Crippen LogP contribution in [0, 0.1) is 20.8 Å². The molecular weight excluding hydrogens is 252 g/mol. The van der Waals surface area contributed by atoms with Crippen LogP contribution in [-0.4, -0.2) is 21.3 Å². The second-order valence-electron chi connectivity index (χ2n) is 5.20. The van der Waals surface area contributed by atoms with E-state index in [0.29, 0.717) is 16.8 Å². The van der Waals surface area contributed by atoms with E-state index in [9.17, 15) is 9.59 Å². The van der Waals surface area contributed by atoms with Gasteiger partial charge in [-0.1, -0.05) is 17.2 Å². The number of hydrogen-bond acceptors (Lipinski definition) is 3. The molecule has 0 unspecified atom stereocenters. The van der Waals surface area contributed by atoms with E-state index in [4.69, 9.17) is 0 Å². The molecule has 0 spiro atoms. The average Bonchev–Trinajstić information content (AvgIpc) is 2.67. The zero-order valence-corrected chi connectivity index (χ0v) is 12.2. The van der Waals surface area contributed by atoms with Crippen LogP contribution < -0.4 is 0 Å². The van der Waals surface area contributed by atoms with Gasteiger partial charge in [0.15, 0.2) is 11.6 Å². The molecule has 2 rings (SSSR count). The lowest BCUT2D eigenvalue weighted by Crippen LogP contribution is -2.09. The van der Waals surface area contributed by atoms with E-state index in [-0.39, 0.29) is 18.0 Å². The summed E-state index contributed by atoms with van der Waals surface area (Å²) in [5, 5.41) is 4.12. The molecular formula is C16H18N2O2. The Hall–Kier alpha value is -2.23. The minimum atomic E-state index is -0.181. The zero-order valence-electron chi connectivity index (χ0n) is 12.2. The van der Waals surface area contributed by atoms with E-state index in [1.807, 2.05) is 32.0 Å².